The molecule has 0 atom stereocenters. The monoisotopic (exact) mass is 395 g/mol. The van der Waals surface area contributed by atoms with Gasteiger partial charge in [0.05, 0.1) is 26.2 Å². The molecular weight excluding hydrogens is 358 g/mol. The zero-order valence-corrected chi connectivity index (χ0v) is 17.3. The lowest BCUT2D eigenvalue weighted by molar-refractivity contribution is -0.917. The number of hydrogen-bond donors (Lipinski definition) is 0. The van der Waals surface area contributed by atoms with E-state index in [1.807, 2.05) is 0 Å². The van der Waals surface area contributed by atoms with Crippen molar-refractivity contribution >= 4 is 11.6 Å². The topological polar surface area (TPSA) is 0 Å². The molecule has 0 aromatic heterocycles. The molecule has 0 aliphatic carbocycles. The van der Waals surface area contributed by atoms with Crippen molar-refractivity contribution in [3.63, 3.8) is 0 Å². The first-order valence-electron chi connectivity index (χ1n) is 9.74. The van der Waals surface area contributed by atoms with Crippen LogP contribution in [-0.4, -0.2) is 36.5 Å². The molecule has 0 radical (unpaired) electrons. The third kappa shape index (κ3) is 10.5. The van der Waals surface area contributed by atoms with Crippen LogP contribution in [0.5, 0.6) is 0 Å². The maximum absolute atomic E-state index is 5.90. The molecule has 1 heterocycles. The lowest BCUT2D eigenvalue weighted by Gasteiger charge is -2.34. The standard InChI is InChI=1S/C19H39ClN.BrH/c1-2-3-4-5-6-7-8-9-10-11-16-21(19-14-15-20)17-12-13-18-21;/h2-19H2,1H3;1H/q+1;/p-1. The summed E-state index contributed by atoms with van der Waals surface area (Å²) in [4.78, 5) is 0. The van der Waals surface area contributed by atoms with Gasteiger partial charge in [0, 0.05) is 25.1 Å². The molecule has 1 aliphatic rings. The van der Waals surface area contributed by atoms with Gasteiger partial charge in [-0.3, -0.25) is 0 Å². The summed E-state index contributed by atoms with van der Waals surface area (Å²) < 4.78 is 1.39. The molecule has 134 valence electrons. The fourth-order valence-electron chi connectivity index (χ4n) is 3.90. The molecule has 0 bridgehead atoms. The van der Waals surface area contributed by atoms with Crippen LogP contribution in [0.2, 0.25) is 0 Å². The number of nitrogens with zero attached hydrogens (tertiary/aromatic N) is 1. The van der Waals surface area contributed by atoms with Crippen LogP contribution in [0.15, 0.2) is 0 Å². The Labute approximate surface area is 155 Å². The fraction of sp³-hybridized carbons (Fsp3) is 1.00. The van der Waals surface area contributed by atoms with Crippen LogP contribution < -0.4 is 17.0 Å². The third-order valence-electron chi connectivity index (χ3n) is 5.27. The second-order valence-corrected chi connectivity index (χ2v) is 7.55. The van der Waals surface area contributed by atoms with Crippen LogP contribution in [0.25, 0.3) is 0 Å². The summed E-state index contributed by atoms with van der Waals surface area (Å²) in [5.41, 5.74) is 0. The minimum absolute atomic E-state index is 0. The zero-order chi connectivity index (χ0) is 15.2. The van der Waals surface area contributed by atoms with E-state index in [0.29, 0.717) is 0 Å². The van der Waals surface area contributed by atoms with Crippen molar-refractivity contribution in [2.75, 3.05) is 32.1 Å². The van der Waals surface area contributed by atoms with Gasteiger partial charge in [-0.25, -0.2) is 0 Å². The average Bonchev–Trinajstić information content (AvgIpc) is 2.96. The molecule has 0 unspecified atom stereocenters. The second kappa shape index (κ2) is 15.3. The quantitative estimate of drug-likeness (QED) is 0.240. The molecule has 0 aromatic rings. The van der Waals surface area contributed by atoms with Crippen molar-refractivity contribution in [1.29, 1.82) is 0 Å². The number of likely N-dealkylation sites (tertiary alicyclic amines) is 1. The molecule has 1 nitrogen and oxygen atoms in total. The van der Waals surface area contributed by atoms with Crippen molar-refractivity contribution in [2.24, 2.45) is 0 Å². The number of rotatable bonds is 14. The van der Waals surface area contributed by atoms with Crippen LogP contribution in [0.3, 0.4) is 0 Å². The molecule has 0 aromatic carbocycles. The summed E-state index contributed by atoms with van der Waals surface area (Å²) in [5, 5.41) is 0. The maximum atomic E-state index is 5.90. The normalized spacial score (nSPS) is 16.6. The molecule has 1 rings (SSSR count). The first kappa shape index (κ1) is 22.7. The average molecular weight is 397 g/mol. The van der Waals surface area contributed by atoms with Gasteiger partial charge in [-0.15, -0.1) is 11.6 Å². The second-order valence-electron chi connectivity index (χ2n) is 7.17. The van der Waals surface area contributed by atoms with E-state index in [9.17, 15) is 0 Å². The number of alkyl halides is 1. The molecule has 1 saturated heterocycles. The van der Waals surface area contributed by atoms with E-state index in [1.165, 1.54) is 114 Å². The zero-order valence-electron chi connectivity index (χ0n) is 14.9. The Kier molecular flexibility index (Phi) is 15.8. The van der Waals surface area contributed by atoms with Gasteiger partial charge in [0.2, 0.25) is 0 Å². The van der Waals surface area contributed by atoms with Crippen LogP contribution in [0.4, 0.5) is 0 Å². The highest BCUT2D eigenvalue weighted by atomic mass is 79.9. The van der Waals surface area contributed by atoms with Crippen molar-refractivity contribution in [3.05, 3.63) is 0 Å². The number of halogens is 2. The van der Waals surface area contributed by atoms with Crippen LogP contribution in [0, 0.1) is 0 Å². The van der Waals surface area contributed by atoms with Crippen LogP contribution in [0.1, 0.15) is 90.4 Å². The number of quaternary nitrogens is 1. The van der Waals surface area contributed by atoms with E-state index in [1.54, 1.807) is 0 Å². The van der Waals surface area contributed by atoms with Gasteiger partial charge in [0.15, 0.2) is 0 Å². The van der Waals surface area contributed by atoms with Crippen molar-refractivity contribution in [1.82, 2.24) is 0 Å². The molecule has 0 N–H and O–H groups in total. The Hall–Kier alpha value is 0.730. The minimum atomic E-state index is 0. The van der Waals surface area contributed by atoms with Gasteiger partial charge >= 0.3 is 0 Å². The largest absolute Gasteiger partial charge is 1.00 e. The Morgan fingerprint density at radius 2 is 1.14 bits per heavy atom. The Morgan fingerprint density at radius 3 is 1.64 bits per heavy atom. The predicted octanol–water partition coefficient (Wildman–Crippen LogP) is 3.15. The van der Waals surface area contributed by atoms with Crippen molar-refractivity contribution < 1.29 is 21.5 Å². The van der Waals surface area contributed by atoms with E-state index in [0.717, 1.165) is 5.88 Å². The Morgan fingerprint density at radius 1 is 0.682 bits per heavy atom. The number of hydrogen-bond acceptors (Lipinski definition) is 0. The predicted molar refractivity (Wildman–Crippen MR) is 96.1 cm³/mol. The lowest BCUT2D eigenvalue weighted by Crippen LogP contribution is -3.00. The van der Waals surface area contributed by atoms with Gasteiger partial charge in [0.25, 0.3) is 0 Å². The summed E-state index contributed by atoms with van der Waals surface area (Å²) >= 11 is 5.90. The first-order chi connectivity index (χ1) is 10.3. The Balaban J connectivity index is 0.00000441. The van der Waals surface area contributed by atoms with Gasteiger partial charge in [-0.1, -0.05) is 58.3 Å². The van der Waals surface area contributed by atoms with Gasteiger partial charge < -0.3 is 21.5 Å². The molecule has 0 amide bonds. The molecule has 0 spiro atoms. The van der Waals surface area contributed by atoms with E-state index < -0.39 is 0 Å². The summed E-state index contributed by atoms with van der Waals surface area (Å²) in [6.45, 7) is 7.90. The van der Waals surface area contributed by atoms with Crippen molar-refractivity contribution in [3.8, 4) is 0 Å². The Bertz CT molecular complexity index is 229. The van der Waals surface area contributed by atoms with E-state index in [2.05, 4.69) is 6.92 Å². The van der Waals surface area contributed by atoms with E-state index >= 15 is 0 Å². The molecule has 3 heteroatoms. The van der Waals surface area contributed by atoms with Gasteiger partial charge in [0.1, 0.15) is 0 Å². The molecule has 0 saturated carbocycles. The smallest absolute Gasteiger partial charge is 0.0798 e. The maximum Gasteiger partial charge on any atom is 0.0798 e. The van der Waals surface area contributed by atoms with Crippen LogP contribution >= 0.6 is 11.6 Å². The highest BCUT2D eigenvalue weighted by Crippen LogP contribution is 2.22. The summed E-state index contributed by atoms with van der Waals surface area (Å²) in [7, 11) is 0. The summed E-state index contributed by atoms with van der Waals surface area (Å²) in [6, 6.07) is 0. The summed E-state index contributed by atoms with van der Waals surface area (Å²) in [5.74, 6) is 0.845. The third-order valence-corrected chi connectivity index (χ3v) is 5.53. The van der Waals surface area contributed by atoms with E-state index in [-0.39, 0.29) is 17.0 Å². The highest BCUT2D eigenvalue weighted by molar-refractivity contribution is 6.17. The lowest BCUT2D eigenvalue weighted by atomic mass is 10.1. The summed E-state index contributed by atoms with van der Waals surface area (Å²) in [6.07, 6.45) is 18.6. The SMILES string of the molecule is CCCCCCCCCCCC[N+]1(CCCCl)CCCC1.[Br-]. The van der Waals surface area contributed by atoms with Crippen molar-refractivity contribution in [2.45, 2.75) is 90.4 Å². The fourth-order valence-corrected chi connectivity index (χ4v) is 4.01. The molecule has 1 fully saturated rings. The first-order valence-corrected chi connectivity index (χ1v) is 10.3. The highest BCUT2D eigenvalue weighted by Gasteiger charge is 2.30. The minimum Gasteiger partial charge on any atom is -1.00 e. The van der Waals surface area contributed by atoms with Gasteiger partial charge in [-0.05, 0) is 12.8 Å². The number of unbranched alkanes of at least 4 members (excludes halogenated alkanes) is 9. The van der Waals surface area contributed by atoms with Crippen LogP contribution in [-0.2, 0) is 0 Å². The van der Waals surface area contributed by atoms with E-state index in [4.69, 9.17) is 11.6 Å². The van der Waals surface area contributed by atoms with Gasteiger partial charge in [-0.2, -0.15) is 0 Å². The molecule has 22 heavy (non-hydrogen) atoms. The molecular formula is C19H39BrClN. The molecule has 1 aliphatic heterocycles.